The van der Waals surface area contributed by atoms with Gasteiger partial charge in [-0.2, -0.15) is 0 Å². The Bertz CT molecular complexity index is 1190. The first kappa shape index (κ1) is 29.9. The second-order valence-corrected chi connectivity index (χ2v) is 9.78. The lowest BCUT2D eigenvalue weighted by molar-refractivity contribution is -0.132. The lowest BCUT2D eigenvalue weighted by Crippen LogP contribution is -2.45. The molecule has 0 saturated carbocycles. The van der Waals surface area contributed by atoms with E-state index in [0.717, 1.165) is 10.4 Å². The molecule has 0 spiro atoms. The first-order valence-electron chi connectivity index (χ1n) is 12.8. The number of halogens is 1. The molecular weight excluding hydrogens is 521 g/mol. The molecule has 0 bridgehead atoms. The number of thiophene rings is 1. The molecule has 0 aliphatic carbocycles. The van der Waals surface area contributed by atoms with Crippen LogP contribution in [0.3, 0.4) is 0 Å². The number of amides is 3. The zero-order valence-electron chi connectivity index (χ0n) is 22.7. The maximum absolute atomic E-state index is 13.7. The normalized spacial score (nSPS) is 10.7. The fraction of sp³-hybridized carbons (Fsp3) is 0.379. The summed E-state index contributed by atoms with van der Waals surface area (Å²) in [5, 5.41) is 4.68. The van der Waals surface area contributed by atoms with Crippen molar-refractivity contribution in [3.8, 4) is 11.5 Å². The lowest BCUT2D eigenvalue weighted by atomic mass is 10.1. The Morgan fingerprint density at radius 2 is 1.79 bits per heavy atom. The molecule has 0 radical (unpaired) electrons. The van der Waals surface area contributed by atoms with Crippen LogP contribution in [0.25, 0.3) is 0 Å². The van der Waals surface area contributed by atoms with E-state index < -0.39 is 11.8 Å². The summed E-state index contributed by atoms with van der Waals surface area (Å²) >= 11 is 1.57. The van der Waals surface area contributed by atoms with Crippen molar-refractivity contribution < 1.29 is 28.2 Å². The standard InChI is InChI=1S/C29H36FN3O5S/c1-4-38-16-7-14-33(29(35)31-24-9-5-8-23(30)19-24)21-28(34)32(20-25-10-6-17-39-25)15-13-22-11-12-26(36-2)27(18-22)37-3/h5-6,8-12,17-19H,4,7,13-16,20-21H2,1-3H3,(H,31,35). The fourth-order valence-electron chi connectivity index (χ4n) is 3.97. The highest BCUT2D eigenvalue weighted by atomic mass is 32.1. The van der Waals surface area contributed by atoms with Gasteiger partial charge in [-0.05, 0) is 67.1 Å². The molecule has 10 heteroatoms. The summed E-state index contributed by atoms with van der Waals surface area (Å²) in [6.07, 6.45) is 1.16. The number of rotatable bonds is 15. The predicted molar refractivity (Wildman–Crippen MR) is 151 cm³/mol. The Hall–Kier alpha value is -3.63. The van der Waals surface area contributed by atoms with Crippen LogP contribution in [-0.4, -0.2) is 68.8 Å². The van der Waals surface area contributed by atoms with Gasteiger partial charge in [-0.25, -0.2) is 9.18 Å². The van der Waals surface area contributed by atoms with Crippen LogP contribution < -0.4 is 14.8 Å². The van der Waals surface area contributed by atoms with Crippen LogP contribution in [0.1, 0.15) is 23.8 Å². The van der Waals surface area contributed by atoms with E-state index >= 15 is 0 Å². The van der Waals surface area contributed by atoms with Crippen molar-refractivity contribution in [3.63, 3.8) is 0 Å². The number of benzene rings is 2. The number of nitrogens with one attached hydrogen (secondary N) is 1. The van der Waals surface area contributed by atoms with E-state index in [9.17, 15) is 14.0 Å². The summed E-state index contributed by atoms with van der Waals surface area (Å²) in [5.41, 5.74) is 1.32. The van der Waals surface area contributed by atoms with Gasteiger partial charge in [0.1, 0.15) is 12.4 Å². The molecule has 0 aliphatic heterocycles. The quantitative estimate of drug-likeness (QED) is 0.252. The van der Waals surface area contributed by atoms with E-state index in [1.54, 1.807) is 36.5 Å². The number of anilines is 1. The molecule has 1 aromatic heterocycles. The van der Waals surface area contributed by atoms with Crippen molar-refractivity contribution in [3.05, 3.63) is 76.2 Å². The predicted octanol–water partition coefficient (Wildman–Crippen LogP) is 5.44. The molecule has 0 saturated heterocycles. The largest absolute Gasteiger partial charge is 0.493 e. The molecule has 1 N–H and O–H groups in total. The number of carbonyl (C=O) groups is 2. The zero-order chi connectivity index (χ0) is 28.0. The molecule has 3 aromatic rings. The molecule has 8 nitrogen and oxygen atoms in total. The molecule has 0 unspecified atom stereocenters. The van der Waals surface area contributed by atoms with Crippen molar-refractivity contribution in [1.82, 2.24) is 9.80 Å². The monoisotopic (exact) mass is 557 g/mol. The van der Waals surface area contributed by atoms with Gasteiger partial charge in [0.15, 0.2) is 11.5 Å². The summed E-state index contributed by atoms with van der Waals surface area (Å²) in [7, 11) is 3.17. The summed E-state index contributed by atoms with van der Waals surface area (Å²) < 4.78 is 29.8. The van der Waals surface area contributed by atoms with Gasteiger partial charge in [0.2, 0.25) is 5.91 Å². The minimum absolute atomic E-state index is 0.120. The van der Waals surface area contributed by atoms with E-state index in [2.05, 4.69) is 5.32 Å². The first-order chi connectivity index (χ1) is 18.9. The number of urea groups is 1. The maximum Gasteiger partial charge on any atom is 0.322 e. The van der Waals surface area contributed by atoms with Crippen molar-refractivity contribution in [1.29, 1.82) is 0 Å². The van der Waals surface area contributed by atoms with Crippen LogP contribution in [0, 0.1) is 5.82 Å². The SMILES string of the molecule is CCOCCCN(CC(=O)N(CCc1ccc(OC)c(OC)c1)Cc1cccs1)C(=O)Nc1cccc(F)c1. The highest BCUT2D eigenvalue weighted by Gasteiger charge is 2.22. The summed E-state index contributed by atoms with van der Waals surface area (Å²) in [6.45, 7) is 4.01. The molecule has 1 heterocycles. The molecule has 39 heavy (non-hydrogen) atoms. The molecular formula is C29H36FN3O5S. The summed E-state index contributed by atoms with van der Waals surface area (Å²) in [5.74, 6) is 0.624. The van der Waals surface area contributed by atoms with Crippen molar-refractivity contribution >= 4 is 29.0 Å². The summed E-state index contributed by atoms with van der Waals surface area (Å²) in [6, 6.07) is 14.8. The highest BCUT2D eigenvalue weighted by Crippen LogP contribution is 2.28. The molecule has 210 valence electrons. The molecule has 2 aromatic carbocycles. The highest BCUT2D eigenvalue weighted by molar-refractivity contribution is 7.09. The van der Waals surface area contributed by atoms with Gasteiger partial charge >= 0.3 is 6.03 Å². The van der Waals surface area contributed by atoms with Crippen LogP contribution in [-0.2, 0) is 22.5 Å². The van der Waals surface area contributed by atoms with Crippen LogP contribution in [0.2, 0.25) is 0 Å². The minimum Gasteiger partial charge on any atom is -0.493 e. The maximum atomic E-state index is 13.7. The van der Waals surface area contributed by atoms with Gasteiger partial charge in [0, 0.05) is 36.9 Å². The topological polar surface area (TPSA) is 80.3 Å². The Morgan fingerprint density at radius 1 is 0.974 bits per heavy atom. The van der Waals surface area contributed by atoms with Crippen molar-refractivity contribution in [2.75, 3.05) is 52.4 Å². The second-order valence-electron chi connectivity index (χ2n) is 8.75. The fourth-order valence-corrected chi connectivity index (χ4v) is 4.69. The van der Waals surface area contributed by atoms with E-state index in [-0.39, 0.29) is 12.5 Å². The second kappa shape index (κ2) is 15.7. The van der Waals surface area contributed by atoms with Gasteiger partial charge in [0.25, 0.3) is 0 Å². The minimum atomic E-state index is -0.471. The lowest BCUT2D eigenvalue weighted by Gasteiger charge is -2.28. The van der Waals surface area contributed by atoms with Crippen LogP contribution in [0.5, 0.6) is 11.5 Å². The molecule has 0 aliphatic rings. The first-order valence-corrected chi connectivity index (χ1v) is 13.7. The molecule has 0 atom stereocenters. The average Bonchev–Trinajstić information content (AvgIpc) is 3.45. The van der Waals surface area contributed by atoms with E-state index in [4.69, 9.17) is 14.2 Å². The number of carbonyl (C=O) groups excluding carboxylic acids is 2. The van der Waals surface area contributed by atoms with E-state index in [1.807, 2.05) is 42.6 Å². The third-order valence-corrected chi connectivity index (χ3v) is 6.87. The smallest absolute Gasteiger partial charge is 0.322 e. The average molecular weight is 558 g/mol. The Balaban J connectivity index is 1.74. The number of ether oxygens (including phenoxy) is 3. The number of hydrogen-bond acceptors (Lipinski definition) is 6. The number of hydrogen-bond donors (Lipinski definition) is 1. The van der Waals surface area contributed by atoms with Crippen LogP contribution in [0.4, 0.5) is 14.9 Å². The van der Waals surface area contributed by atoms with Gasteiger partial charge in [0.05, 0.1) is 20.8 Å². The van der Waals surface area contributed by atoms with E-state index in [1.165, 1.54) is 23.1 Å². The third-order valence-electron chi connectivity index (χ3n) is 6.01. The van der Waals surface area contributed by atoms with Crippen LogP contribution in [0.15, 0.2) is 60.0 Å². The summed E-state index contributed by atoms with van der Waals surface area (Å²) in [4.78, 5) is 31.0. The van der Waals surface area contributed by atoms with Crippen molar-refractivity contribution in [2.45, 2.75) is 26.3 Å². The molecule has 3 amide bonds. The van der Waals surface area contributed by atoms with Gasteiger partial charge in [-0.15, -0.1) is 11.3 Å². The van der Waals surface area contributed by atoms with Gasteiger partial charge in [-0.3, -0.25) is 4.79 Å². The molecule has 3 rings (SSSR count). The number of nitrogens with zero attached hydrogens (tertiary/aromatic N) is 2. The van der Waals surface area contributed by atoms with E-state index in [0.29, 0.717) is 62.9 Å². The zero-order valence-corrected chi connectivity index (χ0v) is 23.5. The molecule has 0 fully saturated rings. The van der Waals surface area contributed by atoms with Crippen LogP contribution >= 0.6 is 11.3 Å². The Labute approximate surface area is 233 Å². The number of methoxy groups -OCH3 is 2. The van der Waals surface area contributed by atoms with Crippen molar-refractivity contribution in [2.24, 2.45) is 0 Å². The Kier molecular flexibility index (Phi) is 12.0. The van der Waals surface area contributed by atoms with Gasteiger partial charge in [-0.1, -0.05) is 18.2 Å². The Morgan fingerprint density at radius 3 is 2.49 bits per heavy atom. The van der Waals surface area contributed by atoms with Gasteiger partial charge < -0.3 is 29.3 Å². The third kappa shape index (κ3) is 9.56.